The molecule has 0 unspecified atom stereocenters. The summed E-state index contributed by atoms with van der Waals surface area (Å²) in [5, 5.41) is 4.13. The van der Waals surface area contributed by atoms with Gasteiger partial charge in [0.2, 0.25) is 0 Å². The first-order valence-electron chi connectivity index (χ1n) is 10.5. The standard InChI is InChI=1S/C24H23ClF3N3O/c1-31(21-14-22(24(26,27)28)30-20-9-5-3-7-18(20)21)16-12-10-15(11-13-16)29-23(32)17-6-2-4-8-19(17)25/h2-9,14-16H,10-13H2,1H3,(H,29,32). The van der Waals surface area contributed by atoms with Gasteiger partial charge < -0.3 is 10.2 Å². The van der Waals surface area contributed by atoms with E-state index in [4.69, 9.17) is 11.6 Å². The molecule has 0 aliphatic heterocycles. The first-order chi connectivity index (χ1) is 15.2. The molecular formula is C24H23ClF3N3O. The van der Waals surface area contributed by atoms with E-state index in [1.807, 2.05) is 11.9 Å². The number of rotatable bonds is 4. The minimum absolute atomic E-state index is 0.00310. The minimum Gasteiger partial charge on any atom is -0.371 e. The highest BCUT2D eigenvalue weighted by Crippen LogP contribution is 2.36. The predicted molar refractivity (Wildman–Crippen MR) is 120 cm³/mol. The molecule has 1 heterocycles. The van der Waals surface area contributed by atoms with Gasteiger partial charge in [0, 0.05) is 30.2 Å². The fourth-order valence-corrected chi connectivity index (χ4v) is 4.53. The molecule has 0 radical (unpaired) electrons. The van der Waals surface area contributed by atoms with E-state index in [0.29, 0.717) is 27.2 Å². The Morgan fingerprint density at radius 2 is 1.72 bits per heavy atom. The number of hydrogen-bond acceptors (Lipinski definition) is 3. The zero-order chi connectivity index (χ0) is 22.9. The maximum absolute atomic E-state index is 13.4. The Balaban J connectivity index is 1.48. The Kier molecular flexibility index (Phi) is 6.29. The van der Waals surface area contributed by atoms with Crippen molar-refractivity contribution in [3.05, 3.63) is 70.9 Å². The molecule has 168 valence electrons. The Hall–Kier alpha value is -2.80. The summed E-state index contributed by atoms with van der Waals surface area (Å²) in [6.07, 6.45) is -1.54. The molecule has 0 bridgehead atoms. The zero-order valence-electron chi connectivity index (χ0n) is 17.5. The van der Waals surface area contributed by atoms with Gasteiger partial charge >= 0.3 is 6.18 Å². The van der Waals surface area contributed by atoms with Gasteiger partial charge in [-0.15, -0.1) is 0 Å². The van der Waals surface area contributed by atoms with Crippen LogP contribution >= 0.6 is 11.6 Å². The Labute approximate surface area is 189 Å². The fourth-order valence-electron chi connectivity index (χ4n) is 4.31. The number of fused-ring (bicyclic) bond motifs is 1. The van der Waals surface area contributed by atoms with Crippen LogP contribution in [0.25, 0.3) is 10.9 Å². The topological polar surface area (TPSA) is 45.2 Å². The third kappa shape index (κ3) is 4.67. The Morgan fingerprint density at radius 3 is 2.41 bits per heavy atom. The summed E-state index contributed by atoms with van der Waals surface area (Å²) in [5.74, 6) is -0.206. The smallest absolute Gasteiger partial charge is 0.371 e. The number of carbonyl (C=O) groups excluding carboxylic acids is 1. The largest absolute Gasteiger partial charge is 0.433 e. The zero-order valence-corrected chi connectivity index (χ0v) is 18.2. The number of alkyl halides is 3. The summed E-state index contributed by atoms with van der Waals surface area (Å²) in [4.78, 5) is 18.3. The molecule has 1 aliphatic carbocycles. The summed E-state index contributed by atoms with van der Waals surface area (Å²) in [7, 11) is 1.83. The molecule has 1 aliphatic rings. The molecule has 4 nitrogen and oxygen atoms in total. The van der Waals surface area contributed by atoms with E-state index in [0.717, 1.165) is 31.7 Å². The number of aromatic nitrogens is 1. The van der Waals surface area contributed by atoms with Crippen molar-refractivity contribution in [3.8, 4) is 0 Å². The number of nitrogens with one attached hydrogen (secondary N) is 1. The lowest BCUT2D eigenvalue weighted by Gasteiger charge is -2.37. The van der Waals surface area contributed by atoms with Crippen LogP contribution in [0.5, 0.6) is 0 Å². The molecule has 1 fully saturated rings. The highest BCUT2D eigenvalue weighted by atomic mass is 35.5. The Bertz CT molecular complexity index is 1130. The van der Waals surface area contributed by atoms with Crippen LogP contribution in [0.15, 0.2) is 54.6 Å². The number of anilines is 1. The van der Waals surface area contributed by atoms with Crippen LogP contribution in [-0.4, -0.2) is 30.0 Å². The van der Waals surface area contributed by atoms with E-state index in [1.54, 1.807) is 48.5 Å². The molecule has 2 aromatic carbocycles. The molecule has 1 saturated carbocycles. The van der Waals surface area contributed by atoms with Crippen molar-refractivity contribution < 1.29 is 18.0 Å². The maximum atomic E-state index is 13.4. The maximum Gasteiger partial charge on any atom is 0.433 e. The Morgan fingerprint density at radius 1 is 1.06 bits per heavy atom. The third-order valence-electron chi connectivity index (χ3n) is 6.06. The molecule has 1 amide bonds. The normalized spacial score (nSPS) is 19.0. The second kappa shape index (κ2) is 8.98. The summed E-state index contributed by atoms with van der Waals surface area (Å²) < 4.78 is 40.2. The monoisotopic (exact) mass is 461 g/mol. The molecular weight excluding hydrogens is 439 g/mol. The lowest BCUT2D eigenvalue weighted by Crippen LogP contribution is -2.43. The number of pyridine rings is 1. The number of carbonyl (C=O) groups is 1. The van der Waals surface area contributed by atoms with Gasteiger partial charge in [-0.1, -0.05) is 41.9 Å². The van der Waals surface area contributed by atoms with Crippen LogP contribution < -0.4 is 10.2 Å². The van der Waals surface area contributed by atoms with Crippen molar-refractivity contribution in [2.24, 2.45) is 0 Å². The second-order valence-electron chi connectivity index (χ2n) is 8.11. The number of para-hydroxylation sites is 1. The first kappa shape index (κ1) is 22.4. The third-order valence-corrected chi connectivity index (χ3v) is 6.39. The van der Waals surface area contributed by atoms with Gasteiger partial charge in [-0.05, 0) is 49.9 Å². The van der Waals surface area contributed by atoms with Crippen molar-refractivity contribution in [1.29, 1.82) is 0 Å². The van der Waals surface area contributed by atoms with Gasteiger partial charge in [-0.3, -0.25) is 4.79 Å². The quantitative estimate of drug-likeness (QED) is 0.511. The van der Waals surface area contributed by atoms with Crippen molar-refractivity contribution in [2.75, 3.05) is 11.9 Å². The number of benzene rings is 2. The number of nitrogens with zero attached hydrogens (tertiary/aromatic N) is 2. The van der Waals surface area contributed by atoms with E-state index >= 15 is 0 Å². The van der Waals surface area contributed by atoms with E-state index in [2.05, 4.69) is 10.3 Å². The molecule has 1 aromatic heterocycles. The van der Waals surface area contributed by atoms with E-state index in [9.17, 15) is 18.0 Å². The predicted octanol–water partition coefficient (Wildman–Crippen LogP) is 6.08. The number of hydrogen-bond donors (Lipinski definition) is 1. The summed E-state index contributed by atoms with van der Waals surface area (Å²) in [6, 6.07) is 15.0. The van der Waals surface area contributed by atoms with Crippen molar-refractivity contribution in [1.82, 2.24) is 10.3 Å². The lowest BCUT2D eigenvalue weighted by molar-refractivity contribution is -0.140. The van der Waals surface area contributed by atoms with Gasteiger partial charge in [-0.2, -0.15) is 13.2 Å². The van der Waals surface area contributed by atoms with Crippen molar-refractivity contribution in [2.45, 2.75) is 43.9 Å². The molecule has 32 heavy (non-hydrogen) atoms. The minimum atomic E-state index is -4.51. The molecule has 0 atom stereocenters. The molecule has 1 N–H and O–H groups in total. The molecule has 0 spiro atoms. The van der Waals surface area contributed by atoms with E-state index in [-0.39, 0.29) is 18.0 Å². The summed E-state index contributed by atoms with van der Waals surface area (Å²) in [6.45, 7) is 0. The van der Waals surface area contributed by atoms with Gasteiger partial charge in [0.1, 0.15) is 5.69 Å². The number of halogens is 4. The second-order valence-corrected chi connectivity index (χ2v) is 8.52. The highest BCUT2D eigenvalue weighted by molar-refractivity contribution is 6.33. The van der Waals surface area contributed by atoms with E-state index in [1.165, 1.54) is 0 Å². The van der Waals surface area contributed by atoms with Crippen LogP contribution in [0.4, 0.5) is 18.9 Å². The average Bonchev–Trinajstić information content (AvgIpc) is 2.78. The van der Waals surface area contributed by atoms with Gasteiger partial charge in [0.05, 0.1) is 16.1 Å². The van der Waals surface area contributed by atoms with E-state index < -0.39 is 11.9 Å². The van der Waals surface area contributed by atoms with Crippen molar-refractivity contribution in [3.63, 3.8) is 0 Å². The molecule has 3 aromatic rings. The van der Waals surface area contributed by atoms with Gasteiger partial charge in [-0.25, -0.2) is 4.98 Å². The summed E-state index contributed by atoms with van der Waals surface area (Å²) in [5.41, 5.74) is 0.395. The average molecular weight is 462 g/mol. The van der Waals surface area contributed by atoms with Crippen LogP contribution in [0.2, 0.25) is 5.02 Å². The lowest BCUT2D eigenvalue weighted by atomic mass is 9.89. The van der Waals surface area contributed by atoms with Crippen LogP contribution in [0.1, 0.15) is 41.7 Å². The highest BCUT2D eigenvalue weighted by Gasteiger charge is 2.34. The first-order valence-corrected chi connectivity index (χ1v) is 10.9. The number of amides is 1. The SMILES string of the molecule is CN(c1cc(C(F)(F)F)nc2ccccc12)C1CCC(NC(=O)c2ccccc2Cl)CC1. The van der Waals surface area contributed by atoms with Gasteiger partial charge in [0.15, 0.2) is 0 Å². The van der Waals surface area contributed by atoms with Gasteiger partial charge in [0.25, 0.3) is 5.91 Å². The molecule has 4 rings (SSSR count). The van der Waals surface area contributed by atoms with Crippen LogP contribution in [0.3, 0.4) is 0 Å². The molecule has 0 saturated heterocycles. The van der Waals surface area contributed by atoms with Crippen molar-refractivity contribution >= 4 is 34.1 Å². The fraction of sp³-hybridized carbons (Fsp3) is 0.333. The van der Waals surface area contributed by atoms with Crippen LogP contribution in [0, 0.1) is 0 Å². The molecule has 8 heteroatoms. The summed E-state index contributed by atoms with van der Waals surface area (Å²) >= 11 is 6.11. The van der Waals surface area contributed by atoms with Crippen LogP contribution in [-0.2, 0) is 6.18 Å².